The number of ketones is 8. The predicted molar refractivity (Wildman–Crippen MR) is 462 cm³/mol. The van der Waals surface area contributed by atoms with Gasteiger partial charge in [0.05, 0.1) is 104 Å². The smallest absolute Gasteiger partial charge is 0.304 e. The molecule has 0 aliphatic carbocycles. The second-order valence-corrected chi connectivity index (χ2v) is 34.9. The quantitative estimate of drug-likeness (QED) is 0.0422. The fraction of sp³-hybridized carbons (Fsp3) is 0.640. The van der Waals surface area contributed by atoms with Crippen LogP contribution in [-0.2, 0) is 104 Å². The van der Waals surface area contributed by atoms with E-state index in [0.29, 0.717) is 36.9 Å². The number of aliphatic carboxylic acids is 3. The molecule has 706 valence electrons. The largest absolute Gasteiger partial charge is 0.508 e. The summed E-state index contributed by atoms with van der Waals surface area (Å²) in [5, 5.41) is 100. The minimum atomic E-state index is -1.95. The molecule has 0 radical (unpaired) electrons. The topological polar surface area (TPSA) is 617 Å². The Bertz CT molecular complexity index is 4070. The highest BCUT2D eigenvalue weighted by Gasteiger charge is 2.41. The third-order valence-electron chi connectivity index (χ3n) is 22.1. The normalized spacial score (nSPS) is 15.9. The molecular formula is C89H131N9O28S. The Labute approximate surface area is 743 Å². The van der Waals surface area contributed by atoms with Crippen LogP contribution in [0.15, 0.2) is 54.6 Å². The molecule has 38 heteroatoms. The SMILES string of the molecule is CC[C@H](C)[C@H](NC(=O)[C@H](CO)CC(=O)[C@H](CC(C)C)NC(=O)[C@H](CC(=O)O)CC(=O)[C@H](CO)NC(=O)[C@@H](CC(=O)[C@H](Cc1ccccc1)NC(=O)[C@@H](CC(=O)CNC(=O)[C@H](CCC(=O)O)CC(=O)CCCC(=O)CCCN1C(=O)CSC1=O)[C@@H](C)O)[C@@H](C)O)C(=O)C[C@@H](Cc1ccc(O)cc1)C(=O)N[C@@H](CC(C)C)C(=O)C[C@@H](CC(=O)O)C(=O)N[C@H](C)CCCCN. The molecule has 3 rings (SSSR count). The lowest BCUT2D eigenvalue weighted by Gasteiger charge is -2.29. The zero-order chi connectivity index (χ0) is 95.5. The number of phenolic OH excluding ortho intramolecular Hbond substituents is 1. The first-order chi connectivity index (χ1) is 59.8. The average Bonchev–Trinajstić information content (AvgIpc) is 1.52. The van der Waals surface area contributed by atoms with Crippen molar-refractivity contribution in [3.8, 4) is 5.75 Å². The summed E-state index contributed by atoms with van der Waals surface area (Å²) in [5.74, 6) is -29.4. The van der Waals surface area contributed by atoms with Gasteiger partial charge in [0.2, 0.25) is 47.3 Å². The van der Waals surface area contributed by atoms with Gasteiger partial charge in [0.15, 0.2) is 34.7 Å². The molecule has 0 saturated carbocycles. The van der Waals surface area contributed by atoms with Crippen LogP contribution in [0.3, 0.4) is 0 Å². The lowest BCUT2D eigenvalue weighted by Crippen LogP contribution is -2.52. The van der Waals surface area contributed by atoms with Gasteiger partial charge in [0, 0.05) is 95.1 Å². The van der Waals surface area contributed by atoms with Gasteiger partial charge >= 0.3 is 17.9 Å². The maximum absolute atomic E-state index is 14.8. The highest BCUT2D eigenvalue weighted by Crippen LogP contribution is 2.27. The van der Waals surface area contributed by atoms with Crippen molar-refractivity contribution in [3.05, 3.63) is 65.7 Å². The maximum atomic E-state index is 14.8. The van der Waals surface area contributed by atoms with E-state index in [0.717, 1.165) is 30.5 Å². The van der Waals surface area contributed by atoms with Gasteiger partial charge < -0.3 is 83.8 Å². The summed E-state index contributed by atoms with van der Waals surface area (Å²) in [6, 6.07) is 5.62. The minimum Gasteiger partial charge on any atom is -0.508 e. The van der Waals surface area contributed by atoms with Crippen molar-refractivity contribution in [1.29, 1.82) is 0 Å². The van der Waals surface area contributed by atoms with Gasteiger partial charge in [0.25, 0.3) is 5.24 Å². The fourth-order valence-electron chi connectivity index (χ4n) is 14.5. The second kappa shape index (κ2) is 57.4. The van der Waals surface area contributed by atoms with Gasteiger partial charge in [-0.25, -0.2) is 0 Å². The van der Waals surface area contributed by atoms with Gasteiger partial charge in [-0.1, -0.05) is 109 Å². The summed E-state index contributed by atoms with van der Waals surface area (Å²) >= 11 is 0.862. The number of unbranched alkanes of at least 4 members (excludes halogenated alkanes) is 1. The van der Waals surface area contributed by atoms with E-state index < -0.39 is 285 Å². The molecule has 1 aliphatic heterocycles. The van der Waals surface area contributed by atoms with E-state index in [1.54, 1.807) is 78.8 Å². The Morgan fingerprint density at radius 2 is 0.921 bits per heavy atom. The monoisotopic (exact) mass is 1810 g/mol. The lowest BCUT2D eigenvalue weighted by molar-refractivity contribution is -0.143. The number of carbonyl (C=O) groups is 20. The molecule has 16 atom stereocenters. The number of carbonyl (C=O) groups excluding carboxylic acids is 17. The summed E-state index contributed by atoms with van der Waals surface area (Å²) in [6.45, 7) is 11.7. The molecule has 17 N–H and O–H groups in total. The summed E-state index contributed by atoms with van der Waals surface area (Å²) in [4.78, 5) is 271. The number of benzene rings is 2. The van der Waals surface area contributed by atoms with Crippen molar-refractivity contribution in [2.75, 3.05) is 38.6 Å². The number of nitrogens with zero attached hydrogens (tertiary/aromatic N) is 1. The van der Waals surface area contributed by atoms with E-state index in [1.807, 2.05) is 0 Å². The van der Waals surface area contributed by atoms with Crippen molar-refractivity contribution < 1.29 is 137 Å². The number of nitrogens with two attached hydrogens (primary N) is 1. The number of nitrogens with one attached hydrogen (secondary N) is 7. The Morgan fingerprint density at radius 1 is 0.441 bits per heavy atom. The third kappa shape index (κ3) is 41.5. The summed E-state index contributed by atoms with van der Waals surface area (Å²) < 4.78 is 0. The number of rotatable bonds is 67. The molecule has 127 heavy (non-hydrogen) atoms. The summed E-state index contributed by atoms with van der Waals surface area (Å²) in [5.41, 5.74) is 6.53. The van der Waals surface area contributed by atoms with Crippen LogP contribution in [0, 0.1) is 59.2 Å². The third-order valence-corrected chi connectivity index (χ3v) is 23.0. The van der Waals surface area contributed by atoms with E-state index in [9.17, 15) is 137 Å². The summed E-state index contributed by atoms with van der Waals surface area (Å²) in [7, 11) is 0. The standard InChI is InChI=1S/C89H131N9O28S/c1-10-51(6)81(76(111)39-58(34-56-24-27-63(104)28-25-56)84(121)93-68(32-49(2)3)72(107)37-59(41-79(115)116)83(120)92-52(7)18-14-15-30-90)97-86(123)61(46-99)40-73(108)69(33-50(4)5)94-85(122)60(42-80(117)118)38-74(109)71(47-100)96-88(125)67(54(9)102)44-75(110)70(35-55-19-12-11-13-20-55)95-87(124)66(53(8)101)43-65(106)45-91-82(119)57(26-29-78(113)114)36-64(105)22-16-21-62(103)23-17-31-98-77(112)48-127-89(98)126/h11-13,19-20,24-25,27-28,49-54,57-61,66-71,81,99-102,104H,10,14-18,21-23,26,29-48,90H2,1-9H3,(H,91,119)(H,92,120)(H,93,121)(H,94,122)(H,95,124)(H,96,125)(H,97,123)(H,113,114)(H,115,116)(H,117,118)/t51-,52+,53+,54+,57+,58+,59-,60-,61-,66-,67-,68-,69-,70-,71-,81-/m0/s1. The number of aliphatic hydroxyl groups is 4. The molecule has 0 aromatic heterocycles. The first kappa shape index (κ1) is 111. The van der Waals surface area contributed by atoms with Crippen LogP contribution in [0.5, 0.6) is 5.75 Å². The first-order valence-electron chi connectivity index (χ1n) is 43.3. The second-order valence-electron chi connectivity index (χ2n) is 34.0. The number of amides is 9. The number of Topliss-reactive ketones (excluding diaryl/α,β-unsaturated/α-hetero) is 8. The average molecular weight is 1810 g/mol. The zero-order valence-corrected chi connectivity index (χ0v) is 74.8. The molecule has 0 spiro atoms. The highest BCUT2D eigenvalue weighted by molar-refractivity contribution is 8.14. The molecule has 1 heterocycles. The lowest BCUT2D eigenvalue weighted by atomic mass is 9.85. The molecule has 37 nitrogen and oxygen atoms in total. The van der Waals surface area contributed by atoms with Crippen LogP contribution < -0.4 is 43.0 Å². The van der Waals surface area contributed by atoms with Crippen molar-refractivity contribution in [2.24, 2.45) is 64.9 Å². The minimum absolute atomic E-state index is 0.0234. The summed E-state index contributed by atoms with van der Waals surface area (Å²) in [6.07, 6.45) is -9.31. The van der Waals surface area contributed by atoms with Crippen LogP contribution in [0.2, 0.25) is 0 Å². The molecule has 0 bridgehead atoms. The Balaban J connectivity index is 1.81. The number of hydrogen-bond donors (Lipinski definition) is 16. The van der Waals surface area contributed by atoms with Crippen LogP contribution >= 0.6 is 11.8 Å². The highest BCUT2D eigenvalue weighted by atomic mass is 32.2. The molecule has 2 aromatic carbocycles. The molecular weight excluding hydrogens is 1680 g/mol. The van der Waals surface area contributed by atoms with E-state index in [1.165, 1.54) is 24.3 Å². The number of aliphatic hydroxyl groups excluding tert-OH is 4. The van der Waals surface area contributed by atoms with Gasteiger partial charge in [-0.15, -0.1) is 0 Å². The Kier molecular flexibility index (Phi) is 50.1. The number of aromatic hydroxyl groups is 1. The first-order valence-corrected chi connectivity index (χ1v) is 44.3. The molecule has 1 fully saturated rings. The van der Waals surface area contributed by atoms with Crippen LogP contribution in [0.1, 0.15) is 215 Å². The fourth-order valence-corrected chi connectivity index (χ4v) is 15.3. The van der Waals surface area contributed by atoms with E-state index in [-0.39, 0.29) is 112 Å². The number of carboxylic acid groups (broad SMARTS) is 3. The number of carboxylic acids is 3. The molecule has 1 aliphatic rings. The Hall–Kier alpha value is -10.4. The van der Waals surface area contributed by atoms with E-state index >= 15 is 0 Å². The van der Waals surface area contributed by atoms with Crippen LogP contribution in [0.4, 0.5) is 4.79 Å². The van der Waals surface area contributed by atoms with Crippen molar-refractivity contribution in [3.63, 3.8) is 0 Å². The maximum Gasteiger partial charge on any atom is 0.304 e. The molecule has 1 saturated heterocycles. The van der Waals surface area contributed by atoms with Crippen molar-refractivity contribution in [1.82, 2.24) is 42.1 Å². The van der Waals surface area contributed by atoms with Gasteiger partial charge in [-0.05, 0) is 126 Å². The van der Waals surface area contributed by atoms with Gasteiger partial charge in [-0.3, -0.25) is 101 Å². The number of imide groups is 1. The van der Waals surface area contributed by atoms with Crippen molar-refractivity contribution in [2.45, 2.75) is 265 Å². The predicted octanol–water partition coefficient (Wildman–Crippen LogP) is 3.29. The number of phenols is 1. The molecule has 9 amide bonds. The molecule has 2 aromatic rings. The van der Waals surface area contributed by atoms with Gasteiger partial charge in [-0.2, -0.15) is 0 Å². The van der Waals surface area contributed by atoms with Gasteiger partial charge in [0.1, 0.15) is 23.4 Å². The van der Waals surface area contributed by atoms with E-state index in [4.69, 9.17) is 5.73 Å². The zero-order valence-electron chi connectivity index (χ0n) is 74.0. The van der Waals surface area contributed by atoms with E-state index in [2.05, 4.69) is 37.2 Å². The Morgan fingerprint density at radius 3 is 1.43 bits per heavy atom. The van der Waals surface area contributed by atoms with Crippen molar-refractivity contribution >= 4 is 128 Å². The number of thioether (sulfide) groups is 1. The van der Waals surface area contributed by atoms with Crippen LogP contribution in [-0.4, -0.2) is 249 Å². The molecule has 0 unspecified atom stereocenters. The van der Waals surface area contributed by atoms with Crippen LogP contribution in [0.25, 0.3) is 0 Å². The number of hydrogen-bond acceptors (Lipinski definition) is 27.